The lowest BCUT2D eigenvalue weighted by Gasteiger charge is -2.27. The van der Waals surface area contributed by atoms with Gasteiger partial charge in [0.25, 0.3) is 0 Å². The molecule has 0 aromatic heterocycles. The maximum atomic E-state index is 12.5. The van der Waals surface area contributed by atoms with Gasteiger partial charge >= 0.3 is 0 Å². The number of benzene rings is 1. The van der Waals surface area contributed by atoms with Crippen LogP contribution >= 0.6 is 11.6 Å². The van der Waals surface area contributed by atoms with E-state index in [0.29, 0.717) is 10.9 Å². The highest BCUT2D eigenvalue weighted by atomic mass is 35.5. The standard InChI is InChI=1S/C16H19ClO/c1-2-15(12-6-4-3-5-7-12)16(18)13-8-10-14(17)11-9-13/h2,8-12,15H,1,3-7H2. The predicted octanol–water partition coefficient (Wildman–Crippen LogP) is 4.91. The molecule has 1 fully saturated rings. The zero-order valence-electron chi connectivity index (χ0n) is 10.6. The number of carbonyl (C=O) groups excluding carboxylic acids is 1. The summed E-state index contributed by atoms with van der Waals surface area (Å²) in [4.78, 5) is 12.5. The van der Waals surface area contributed by atoms with E-state index in [1.54, 1.807) is 12.1 Å². The Morgan fingerprint density at radius 3 is 2.39 bits per heavy atom. The van der Waals surface area contributed by atoms with Crippen LogP contribution in [0.4, 0.5) is 0 Å². The average Bonchev–Trinajstić information content (AvgIpc) is 2.41. The number of hydrogen-bond donors (Lipinski definition) is 0. The molecule has 2 rings (SSSR count). The molecule has 1 atom stereocenters. The van der Waals surface area contributed by atoms with Crippen molar-refractivity contribution in [1.82, 2.24) is 0 Å². The lowest BCUT2D eigenvalue weighted by Crippen LogP contribution is -2.24. The summed E-state index contributed by atoms with van der Waals surface area (Å²) in [6.07, 6.45) is 7.90. The van der Waals surface area contributed by atoms with Gasteiger partial charge in [-0.15, -0.1) is 6.58 Å². The van der Waals surface area contributed by atoms with Gasteiger partial charge in [-0.05, 0) is 43.0 Å². The Labute approximate surface area is 114 Å². The second kappa shape index (κ2) is 6.19. The van der Waals surface area contributed by atoms with Crippen LogP contribution in [0.25, 0.3) is 0 Å². The first kappa shape index (κ1) is 13.4. The second-order valence-corrected chi connectivity index (χ2v) is 5.47. The lowest BCUT2D eigenvalue weighted by atomic mass is 9.77. The molecule has 1 saturated carbocycles. The molecule has 0 heterocycles. The van der Waals surface area contributed by atoms with Gasteiger partial charge in [-0.2, -0.15) is 0 Å². The van der Waals surface area contributed by atoms with Crippen LogP contribution < -0.4 is 0 Å². The van der Waals surface area contributed by atoms with Gasteiger partial charge in [0.1, 0.15) is 0 Å². The Bertz CT molecular complexity index is 415. The summed E-state index contributed by atoms with van der Waals surface area (Å²) in [5.41, 5.74) is 0.745. The normalized spacial score (nSPS) is 18.3. The van der Waals surface area contributed by atoms with Crippen LogP contribution in [-0.4, -0.2) is 5.78 Å². The summed E-state index contributed by atoms with van der Waals surface area (Å²) in [6, 6.07) is 7.17. The van der Waals surface area contributed by atoms with E-state index < -0.39 is 0 Å². The minimum Gasteiger partial charge on any atom is -0.294 e. The van der Waals surface area contributed by atoms with Crippen molar-refractivity contribution in [2.24, 2.45) is 11.8 Å². The lowest BCUT2D eigenvalue weighted by molar-refractivity contribution is 0.0890. The Hall–Kier alpha value is -1.08. The summed E-state index contributed by atoms with van der Waals surface area (Å²) >= 11 is 5.85. The van der Waals surface area contributed by atoms with E-state index >= 15 is 0 Å². The minimum absolute atomic E-state index is 0.0357. The topological polar surface area (TPSA) is 17.1 Å². The van der Waals surface area contributed by atoms with Crippen molar-refractivity contribution in [3.63, 3.8) is 0 Å². The van der Waals surface area contributed by atoms with Gasteiger partial charge in [-0.25, -0.2) is 0 Å². The third-order valence-electron chi connectivity index (χ3n) is 3.84. The van der Waals surface area contributed by atoms with Crippen molar-refractivity contribution in [1.29, 1.82) is 0 Å². The van der Waals surface area contributed by atoms with E-state index in [2.05, 4.69) is 6.58 Å². The molecule has 0 spiro atoms. The molecule has 0 bridgehead atoms. The molecule has 0 amide bonds. The minimum atomic E-state index is -0.0357. The summed E-state index contributed by atoms with van der Waals surface area (Å²) in [5, 5.41) is 0.666. The molecule has 1 nitrogen and oxygen atoms in total. The van der Waals surface area contributed by atoms with E-state index in [0.717, 1.165) is 18.4 Å². The van der Waals surface area contributed by atoms with Crippen molar-refractivity contribution in [2.45, 2.75) is 32.1 Å². The van der Waals surface area contributed by atoms with Crippen molar-refractivity contribution in [3.8, 4) is 0 Å². The molecule has 2 heteroatoms. The van der Waals surface area contributed by atoms with E-state index in [4.69, 9.17) is 11.6 Å². The molecule has 1 aromatic rings. The van der Waals surface area contributed by atoms with Gasteiger partial charge in [0.15, 0.2) is 5.78 Å². The number of allylic oxidation sites excluding steroid dienone is 1. The van der Waals surface area contributed by atoms with Crippen LogP contribution in [0, 0.1) is 11.8 Å². The van der Waals surface area contributed by atoms with Crippen molar-refractivity contribution < 1.29 is 4.79 Å². The zero-order valence-corrected chi connectivity index (χ0v) is 11.3. The van der Waals surface area contributed by atoms with Gasteiger partial charge in [0.2, 0.25) is 0 Å². The maximum absolute atomic E-state index is 12.5. The summed E-state index contributed by atoms with van der Waals surface area (Å²) in [6.45, 7) is 3.85. The van der Waals surface area contributed by atoms with Gasteiger partial charge in [0.05, 0.1) is 0 Å². The van der Waals surface area contributed by atoms with Crippen LogP contribution in [0.3, 0.4) is 0 Å². The van der Waals surface area contributed by atoms with E-state index in [9.17, 15) is 4.79 Å². The molecule has 1 aliphatic carbocycles. The molecule has 96 valence electrons. The molecule has 0 aliphatic heterocycles. The summed E-state index contributed by atoms with van der Waals surface area (Å²) in [7, 11) is 0. The molecule has 0 N–H and O–H groups in total. The van der Waals surface area contributed by atoms with Gasteiger partial charge in [0, 0.05) is 16.5 Å². The fourth-order valence-corrected chi connectivity index (χ4v) is 2.94. The third-order valence-corrected chi connectivity index (χ3v) is 4.10. The zero-order chi connectivity index (χ0) is 13.0. The van der Waals surface area contributed by atoms with Crippen molar-refractivity contribution in [3.05, 3.63) is 47.5 Å². The smallest absolute Gasteiger partial charge is 0.169 e. The monoisotopic (exact) mass is 262 g/mol. The second-order valence-electron chi connectivity index (χ2n) is 5.03. The summed E-state index contributed by atoms with van der Waals surface area (Å²) in [5.74, 6) is 0.625. The molecule has 1 aromatic carbocycles. The Balaban J connectivity index is 2.13. The van der Waals surface area contributed by atoms with E-state index in [1.807, 2.05) is 18.2 Å². The molecule has 1 unspecified atom stereocenters. The maximum Gasteiger partial charge on any atom is 0.169 e. The van der Waals surface area contributed by atoms with E-state index in [-0.39, 0.29) is 11.7 Å². The van der Waals surface area contributed by atoms with Crippen LogP contribution in [0.2, 0.25) is 5.02 Å². The predicted molar refractivity (Wildman–Crippen MR) is 76.0 cm³/mol. The van der Waals surface area contributed by atoms with Crippen molar-refractivity contribution in [2.75, 3.05) is 0 Å². The largest absolute Gasteiger partial charge is 0.294 e. The molecular weight excluding hydrogens is 244 g/mol. The van der Waals surface area contributed by atoms with Gasteiger partial charge < -0.3 is 0 Å². The van der Waals surface area contributed by atoms with Crippen LogP contribution in [0.15, 0.2) is 36.9 Å². The fourth-order valence-electron chi connectivity index (χ4n) is 2.81. The van der Waals surface area contributed by atoms with Crippen LogP contribution in [0.1, 0.15) is 42.5 Å². The SMILES string of the molecule is C=CC(C(=O)c1ccc(Cl)cc1)C1CCCCC1. The molecule has 0 saturated heterocycles. The number of halogens is 1. The number of ketones is 1. The highest BCUT2D eigenvalue weighted by Gasteiger charge is 2.27. The molecule has 1 aliphatic rings. The highest BCUT2D eigenvalue weighted by Crippen LogP contribution is 2.32. The third kappa shape index (κ3) is 3.02. The molecule has 0 radical (unpaired) electrons. The number of hydrogen-bond acceptors (Lipinski definition) is 1. The van der Waals surface area contributed by atoms with Crippen LogP contribution in [-0.2, 0) is 0 Å². The quantitative estimate of drug-likeness (QED) is 0.557. The van der Waals surface area contributed by atoms with Gasteiger partial charge in [-0.1, -0.05) is 36.9 Å². The van der Waals surface area contributed by atoms with Crippen molar-refractivity contribution >= 4 is 17.4 Å². The number of carbonyl (C=O) groups is 1. The van der Waals surface area contributed by atoms with E-state index in [1.165, 1.54) is 19.3 Å². The molecular formula is C16H19ClO. The Morgan fingerprint density at radius 1 is 1.22 bits per heavy atom. The number of rotatable bonds is 4. The van der Waals surface area contributed by atoms with Gasteiger partial charge in [-0.3, -0.25) is 4.79 Å². The Morgan fingerprint density at radius 2 is 1.83 bits per heavy atom. The fraction of sp³-hybridized carbons (Fsp3) is 0.438. The average molecular weight is 263 g/mol. The number of Topliss-reactive ketones (excluding diaryl/α,β-unsaturated/α-hetero) is 1. The van der Waals surface area contributed by atoms with Crippen LogP contribution in [0.5, 0.6) is 0 Å². The summed E-state index contributed by atoms with van der Waals surface area (Å²) < 4.78 is 0. The molecule has 18 heavy (non-hydrogen) atoms. The Kier molecular flexibility index (Phi) is 4.60. The first-order valence-electron chi connectivity index (χ1n) is 6.64. The first-order valence-corrected chi connectivity index (χ1v) is 7.02. The highest BCUT2D eigenvalue weighted by molar-refractivity contribution is 6.30. The first-order chi connectivity index (χ1) is 8.72.